The van der Waals surface area contributed by atoms with Crippen LogP contribution >= 0.6 is 11.6 Å². The Bertz CT molecular complexity index is 857. The highest BCUT2D eigenvalue weighted by atomic mass is 35.5. The first-order valence-corrected chi connectivity index (χ1v) is 8.23. The molecule has 0 saturated carbocycles. The summed E-state index contributed by atoms with van der Waals surface area (Å²) in [5.74, 6) is 1.64. The molecule has 0 aliphatic carbocycles. The van der Waals surface area contributed by atoms with E-state index in [1.165, 1.54) is 6.92 Å². The molecule has 2 aromatic carbocycles. The van der Waals surface area contributed by atoms with E-state index >= 15 is 0 Å². The van der Waals surface area contributed by atoms with E-state index in [-0.39, 0.29) is 5.78 Å². The number of hydrogen-bond acceptors (Lipinski definition) is 5. The molecule has 25 heavy (non-hydrogen) atoms. The predicted octanol–water partition coefficient (Wildman–Crippen LogP) is 4.66. The molecule has 5 nitrogen and oxygen atoms in total. The zero-order valence-corrected chi connectivity index (χ0v) is 14.7. The zero-order chi connectivity index (χ0) is 17.8. The number of ether oxygens (including phenoxy) is 1. The quantitative estimate of drug-likeness (QED) is 0.601. The molecule has 1 heterocycles. The van der Waals surface area contributed by atoms with Crippen molar-refractivity contribution in [3.05, 3.63) is 76.4 Å². The molecule has 0 N–H and O–H groups in total. The molecule has 1 aromatic heterocycles. The smallest absolute Gasteiger partial charge is 0.267 e. The molecule has 0 bridgehead atoms. The third kappa shape index (κ3) is 4.45. The first-order valence-electron chi connectivity index (χ1n) is 7.86. The molecule has 0 saturated heterocycles. The van der Waals surface area contributed by atoms with Crippen molar-refractivity contribution in [2.45, 2.75) is 26.4 Å². The van der Waals surface area contributed by atoms with Crippen molar-refractivity contribution in [2.75, 3.05) is 0 Å². The average molecular weight is 357 g/mol. The van der Waals surface area contributed by atoms with E-state index in [9.17, 15) is 4.79 Å². The summed E-state index contributed by atoms with van der Waals surface area (Å²) in [6, 6.07) is 14.5. The number of nitrogens with zero attached hydrogens (tertiary/aromatic N) is 2. The van der Waals surface area contributed by atoms with Crippen molar-refractivity contribution in [1.29, 1.82) is 0 Å². The van der Waals surface area contributed by atoms with Gasteiger partial charge in [0.1, 0.15) is 5.75 Å². The van der Waals surface area contributed by atoms with Gasteiger partial charge in [-0.25, -0.2) is 0 Å². The Labute approximate surface area is 150 Å². The number of hydrogen-bond donors (Lipinski definition) is 0. The number of halogens is 1. The van der Waals surface area contributed by atoms with Crippen molar-refractivity contribution >= 4 is 17.4 Å². The van der Waals surface area contributed by atoms with E-state index in [0.717, 1.165) is 5.56 Å². The Morgan fingerprint density at radius 1 is 1.16 bits per heavy atom. The fraction of sp³-hybridized carbons (Fsp3) is 0.211. The van der Waals surface area contributed by atoms with Crippen LogP contribution in [0.15, 0.2) is 53.1 Å². The lowest BCUT2D eigenvalue weighted by molar-refractivity contribution is 0.101. The highest BCUT2D eigenvalue weighted by Crippen LogP contribution is 2.22. The molecule has 1 atom stereocenters. The van der Waals surface area contributed by atoms with Gasteiger partial charge in [-0.15, -0.1) is 0 Å². The van der Waals surface area contributed by atoms with Gasteiger partial charge in [0.25, 0.3) is 5.89 Å². The van der Waals surface area contributed by atoms with Crippen molar-refractivity contribution < 1.29 is 14.1 Å². The molecule has 0 aliphatic heterocycles. The monoisotopic (exact) mass is 356 g/mol. The maximum absolute atomic E-state index is 11.3. The summed E-state index contributed by atoms with van der Waals surface area (Å²) in [5.41, 5.74) is 1.69. The summed E-state index contributed by atoms with van der Waals surface area (Å²) < 4.78 is 11.1. The van der Waals surface area contributed by atoms with Gasteiger partial charge >= 0.3 is 0 Å². The largest absolute Gasteiger partial charge is 0.481 e. The Hall–Kier alpha value is -2.66. The minimum absolute atomic E-state index is 0.0170. The van der Waals surface area contributed by atoms with Gasteiger partial charge in [-0.3, -0.25) is 4.79 Å². The van der Waals surface area contributed by atoms with E-state index in [1.54, 1.807) is 24.3 Å². The van der Waals surface area contributed by atoms with Crippen LogP contribution in [0.3, 0.4) is 0 Å². The number of Topliss-reactive ketones (excluding diaryl/α,β-unsaturated/α-hetero) is 1. The van der Waals surface area contributed by atoms with E-state index in [2.05, 4.69) is 10.1 Å². The van der Waals surface area contributed by atoms with Gasteiger partial charge in [0.15, 0.2) is 17.7 Å². The maximum Gasteiger partial charge on any atom is 0.267 e. The summed E-state index contributed by atoms with van der Waals surface area (Å²) in [6.45, 7) is 3.36. The van der Waals surface area contributed by atoms with E-state index in [4.69, 9.17) is 20.9 Å². The third-order valence-corrected chi connectivity index (χ3v) is 3.93. The molecule has 1 unspecified atom stereocenters. The number of aromatic nitrogens is 2. The van der Waals surface area contributed by atoms with Gasteiger partial charge in [0.05, 0.1) is 0 Å². The molecular formula is C19H17ClN2O3. The molecule has 0 amide bonds. The van der Waals surface area contributed by atoms with Gasteiger partial charge in [0.2, 0.25) is 0 Å². The summed E-state index contributed by atoms with van der Waals surface area (Å²) in [7, 11) is 0. The van der Waals surface area contributed by atoms with Crippen LogP contribution in [0.25, 0.3) is 0 Å². The van der Waals surface area contributed by atoms with Crippen molar-refractivity contribution in [2.24, 2.45) is 0 Å². The lowest BCUT2D eigenvalue weighted by atomic mass is 10.1. The van der Waals surface area contributed by atoms with Crippen molar-refractivity contribution in [3.63, 3.8) is 0 Å². The van der Waals surface area contributed by atoms with Crippen LogP contribution < -0.4 is 4.74 Å². The summed E-state index contributed by atoms with van der Waals surface area (Å²) >= 11 is 5.88. The third-order valence-electron chi connectivity index (χ3n) is 3.68. The Kier molecular flexibility index (Phi) is 5.14. The van der Waals surface area contributed by atoms with Crippen LogP contribution in [-0.2, 0) is 6.42 Å². The number of rotatable bonds is 6. The fourth-order valence-corrected chi connectivity index (χ4v) is 2.44. The minimum Gasteiger partial charge on any atom is -0.481 e. The van der Waals surface area contributed by atoms with Crippen LogP contribution in [0.4, 0.5) is 0 Å². The fourth-order valence-electron chi connectivity index (χ4n) is 2.31. The van der Waals surface area contributed by atoms with Gasteiger partial charge in [-0.1, -0.05) is 28.9 Å². The van der Waals surface area contributed by atoms with Gasteiger partial charge in [0, 0.05) is 17.0 Å². The second-order valence-corrected chi connectivity index (χ2v) is 6.13. The van der Waals surface area contributed by atoms with Crippen LogP contribution in [0, 0.1) is 0 Å². The summed E-state index contributed by atoms with van der Waals surface area (Å²) in [5, 5.41) is 4.68. The number of carbonyl (C=O) groups excluding carboxylic acids is 1. The van der Waals surface area contributed by atoms with E-state index in [0.29, 0.717) is 34.5 Å². The second kappa shape index (κ2) is 7.49. The SMILES string of the molecule is CC(=O)c1ccc(OC(C)c2nc(Cc3ccc(Cl)cc3)no2)cc1. The van der Waals surface area contributed by atoms with E-state index in [1.807, 2.05) is 31.2 Å². The van der Waals surface area contributed by atoms with Gasteiger partial charge in [-0.2, -0.15) is 4.98 Å². The molecule has 0 radical (unpaired) electrons. The highest BCUT2D eigenvalue weighted by Gasteiger charge is 2.16. The molecular weight excluding hydrogens is 340 g/mol. The van der Waals surface area contributed by atoms with Gasteiger partial charge in [-0.05, 0) is 55.8 Å². The van der Waals surface area contributed by atoms with Crippen LogP contribution in [-0.4, -0.2) is 15.9 Å². The number of carbonyl (C=O) groups is 1. The summed E-state index contributed by atoms with van der Waals surface area (Å²) in [6.07, 6.45) is 0.162. The molecule has 6 heteroatoms. The molecule has 3 rings (SSSR count). The van der Waals surface area contributed by atoms with Crippen LogP contribution in [0.1, 0.15) is 47.6 Å². The number of benzene rings is 2. The highest BCUT2D eigenvalue weighted by molar-refractivity contribution is 6.30. The average Bonchev–Trinajstić information content (AvgIpc) is 3.06. The normalized spacial score (nSPS) is 12.0. The lowest BCUT2D eigenvalue weighted by Crippen LogP contribution is -2.04. The lowest BCUT2D eigenvalue weighted by Gasteiger charge is -2.10. The topological polar surface area (TPSA) is 65.2 Å². The minimum atomic E-state index is -0.394. The zero-order valence-electron chi connectivity index (χ0n) is 13.9. The van der Waals surface area contributed by atoms with E-state index < -0.39 is 6.10 Å². The maximum atomic E-state index is 11.3. The second-order valence-electron chi connectivity index (χ2n) is 5.69. The molecule has 0 fully saturated rings. The molecule has 0 aliphatic rings. The van der Waals surface area contributed by atoms with Crippen LogP contribution in [0.5, 0.6) is 5.75 Å². The summed E-state index contributed by atoms with van der Waals surface area (Å²) in [4.78, 5) is 15.7. The molecule has 128 valence electrons. The first kappa shape index (κ1) is 17.2. The molecule has 3 aromatic rings. The van der Waals surface area contributed by atoms with Gasteiger partial charge < -0.3 is 9.26 Å². The van der Waals surface area contributed by atoms with Crippen LogP contribution in [0.2, 0.25) is 5.02 Å². The molecule has 0 spiro atoms. The van der Waals surface area contributed by atoms with Crippen molar-refractivity contribution in [1.82, 2.24) is 10.1 Å². The number of ketones is 1. The Morgan fingerprint density at radius 2 is 1.84 bits per heavy atom. The Balaban J connectivity index is 1.64. The standard InChI is InChI=1S/C19H17ClN2O3/c1-12(23)15-5-9-17(10-6-15)24-13(2)19-21-18(22-25-19)11-14-3-7-16(20)8-4-14/h3-10,13H,11H2,1-2H3. The van der Waals surface area contributed by atoms with Crippen molar-refractivity contribution in [3.8, 4) is 5.75 Å². The predicted molar refractivity (Wildman–Crippen MR) is 94.0 cm³/mol. The Morgan fingerprint density at radius 3 is 2.48 bits per heavy atom. The first-order chi connectivity index (χ1) is 12.0.